The first-order valence-corrected chi connectivity index (χ1v) is 7.31. The number of hydrogen-bond acceptors (Lipinski definition) is 4. The topological polar surface area (TPSA) is 48.4 Å². The molecule has 116 valence electrons. The first-order valence-electron chi connectivity index (χ1n) is 7.31. The van der Waals surface area contributed by atoms with Crippen molar-refractivity contribution in [1.29, 1.82) is 0 Å². The summed E-state index contributed by atoms with van der Waals surface area (Å²) in [5.74, 6) is 0.169. The van der Waals surface area contributed by atoms with E-state index in [4.69, 9.17) is 9.47 Å². The fraction of sp³-hybridized carbons (Fsp3) is 0.158. The molecule has 2 aromatic rings. The molecule has 0 N–H and O–H groups in total. The van der Waals surface area contributed by atoms with Crippen LogP contribution < -0.4 is 0 Å². The third kappa shape index (κ3) is 3.01. The van der Waals surface area contributed by atoms with Crippen molar-refractivity contribution in [3.8, 4) is 0 Å². The summed E-state index contributed by atoms with van der Waals surface area (Å²) in [6.07, 6.45) is 4.95. The molecule has 0 saturated heterocycles. The van der Waals surface area contributed by atoms with Gasteiger partial charge in [0.05, 0.1) is 12.7 Å². The van der Waals surface area contributed by atoms with Gasteiger partial charge in [0.2, 0.25) is 0 Å². The number of benzene rings is 1. The van der Waals surface area contributed by atoms with Gasteiger partial charge >= 0.3 is 5.97 Å². The van der Waals surface area contributed by atoms with Crippen LogP contribution in [-0.4, -0.2) is 24.2 Å². The minimum absolute atomic E-state index is 0.0917. The maximum Gasteiger partial charge on any atom is 0.336 e. The minimum atomic E-state index is -0.479. The lowest BCUT2D eigenvalue weighted by molar-refractivity contribution is -0.137. The molecule has 1 aromatic heterocycles. The number of aromatic nitrogens is 1. The van der Waals surface area contributed by atoms with Crippen molar-refractivity contribution in [1.82, 2.24) is 4.98 Å². The van der Waals surface area contributed by atoms with Gasteiger partial charge in [0.1, 0.15) is 11.9 Å². The largest absolute Gasteiger partial charge is 0.484 e. The molecular formula is C19H17NO3. The zero-order valence-corrected chi connectivity index (χ0v) is 12.8. The van der Waals surface area contributed by atoms with Gasteiger partial charge < -0.3 is 9.47 Å². The number of ether oxygens (including phenoxy) is 2. The summed E-state index contributed by atoms with van der Waals surface area (Å²) in [6, 6.07) is 13.7. The lowest BCUT2D eigenvalue weighted by Gasteiger charge is -2.20. The molecule has 4 nitrogen and oxygen atoms in total. The zero-order valence-electron chi connectivity index (χ0n) is 12.8. The second-order valence-electron chi connectivity index (χ2n) is 5.26. The molecule has 2 heterocycles. The van der Waals surface area contributed by atoms with Gasteiger partial charge in [-0.05, 0) is 23.8 Å². The van der Waals surface area contributed by atoms with Crippen molar-refractivity contribution in [3.63, 3.8) is 0 Å². The molecular weight excluding hydrogens is 290 g/mol. The molecule has 0 radical (unpaired) electrons. The molecule has 0 unspecified atom stereocenters. The van der Waals surface area contributed by atoms with Crippen molar-refractivity contribution in [2.24, 2.45) is 0 Å². The Hall–Kier alpha value is -2.88. The van der Waals surface area contributed by atoms with E-state index < -0.39 is 12.1 Å². The molecule has 0 spiro atoms. The maximum atomic E-state index is 11.9. The number of methoxy groups -OCH3 is 1. The van der Waals surface area contributed by atoms with Crippen molar-refractivity contribution in [2.75, 3.05) is 7.11 Å². The highest BCUT2D eigenvalue weighted by Gasteiger charge is 2.36. The van der Waals surface area contributed by atoms with Crippen LogP contribution in [0.15, 0.2) is 73.1 Å². The Morgan fingerprint density at radius 3 is 2.52 bits per heavy atom. The summed E-state index contributed by atoms with van der Waals surface area (Å²) in [6.45, 7) is 3.87. The highest BCUT2D eigenvalue weighted by molar-refractivity contribution is 5.89. The molecule has 0 bridgehead atoms. The van der Waals surface area contributed by atoms with Crippen molar-refractivity contribution in [3.05, 3.63) is 84.2 Å². The normalized spacial score (nSPS) is 19.6. The van der Waals surface area contributed by atoms with Crippen LogP contribution in [0.2, 0.25) is 0 Å². The summed E-state index contributed by atoms with van der Waals surface area (Å²) in [4.78, 5) is 15.9. The number of carbonyl (C=O) groups is 1. The summed E-state index contributed by atoms with van der Waals surface area (Å²) < 4.78 is 10.8. The highest BCUT2D eigenvalue weighted by Crippen LogP contribution is 2.39. The SMILES string of the molecule is C=C(C(=O)OC)[C@H]1OC(c2ccncc2)=C[C@@H]1c1ccccc1. The fourth-order valence-corrected chi connectivity index (χ4v) is 2.66. The van der Waals surface area contributed by atoms with Gasteiger partial charge in [0, 0.05) is 23.9 Å². The van der Waals surface area contributed by atoms with Gasteiger partial charge in [0.15, 0.2) is 0 Å². The van der Waals surface area contributed by atoms with E-state index in [9.17, 15) is 4.79 Å². The highest BCUT2D eigenvalue weighted by atomic mass is 16.5. The molecule has 0 aliphatic carbocycles. The Morgan fingerprint density at radius 1 is 1.17 bits per heavy atom. The van der Waals surface area contributed by atoms with E-state index in [1.165, 1.54) is 7.11 Å². The molecule has 23 heavy (non-hydrogen) atoms. The van der Waals surface area contributed by atoms with Gasteiger partial charge in [-0.15, -0.1) is 0 Å². The van der Waals surface area contributed by atoms with Crippen LogP contribution in [0.4, 0.5) is 0 Å². The van der Waals surface area contributed by atoms with Crippen LogP contribution in [0.3, 0.4) is 0 Å². The average molecular weight is 307 g/mol. The summed E-state index contributed by atoms with van der Waals surface area (Å²) >= 11 is 0. The molecule has 1 aromatic carbocycles. The zero-order chi connectivity index (χ0) is 16.2. The summed E-state index contributed by atoms with van der Waals surface area (Å²) in [5.41, 5.74) is 2.29. The second kappa shape index (κ2) is 6.48. The fourth-order valence-electron chi connectivity index (χ4n) is 2.66. The molecule has 4 heteroatoms. The van der Waals surface area contributed by atoms with Crippen LogP contribution in [0.25, 0.3) is 5.76 Å². The number of pyridine rings is 1. The van der Waals surface area contributed by atoms with Crippen LogP contribution in [0, 0.1) is 0 Å². The molecule has 3 rings (SSSR count). The van der Waals surface area contributed by atoms with E-state index in [-0.39, 0.29) is 5.92 Å². The van der Waals surface area contributed by atoms with E-state index in [0.29, 0.717) is 5.57 Å². The van der Waals surface area contributed by atoms with Crippen LogP contribution >= 0.6 is 0 Å². The first kappa shape index (κ1) is 15.0. The summed E-state index contributed by atoms with van der Waals surface area (Å²) in [7, 11) is 1.34. The molecule has 1 aliphatic rings. The lowest BCUT2D eigenvalue weighted by Crippen LogP contribution is -2.23. The molecule has 0 saturated carbocycles. The molecule has 0 fully saturated rings. The van der Waals surface area contributed by atoms with Gasteiger partial charge in [-0.3, -0.25) is 4.98 Å². The Morgan fingerprint density at radius 2 is 1.87 bits per heavy atom. The van der Waals surface area contributed by atoms with E-state index >= 15 is 0 Å². The van der Waals surface area contributed by atoms with E-state index in [0.717, 1.165) is 16.9 Å². The van der Waals surface area contributed by atoms with Crippen molar-refractivity contribution < 1.29 is 14.3 Å². The molecule has 2 atom stereocenters. The van der Waals surface area contributed by atoms with Gasteiger partial charge in [-0.1, -0.05) is 36.9 Å². The van der Waals surface area contributed by atoms with Gasteiger partial charge in [0.25, 0.3) is 0 Å². The second-order valence-corrected chi connectivity index (χ2v) is 5.26. The Kier molecular flexibility index (Phi) is 4.24. The molecule has 0 amide bonds. The van der Waals surface area contributed by atoms with Gasteiger partial charge in [-0.25, -0.2) is 4.79 Å². The predicted octanol–water partition coefficient (Wildman–Crippen LogP) is 3.33. The predicted molar refractivity (Wildman–Crippen MR) is 87.4 cm³/mol. The third-order valence-corrected chi connectivity index (χ3v) is 3.85. The number of hydrogen-bond donors (Lipinski definition) is 0. The lowest BCUT2D eigenvalue weighted by atomic mass is 9.90. The Bertz CT molecular complexity index is 738. The van der Waals surface area contributed by atoms with Gasteiger partial charge in [-0.2, -0.15) is 0 Å². The number of rotatable bonds is 4. The maximum absolute atomic E-state index is 11.9. The van der Waals surface area contributed by atoms with Crippen molar-refractivity contribution >= 4 is 11.7 Å². The number of nitrogens with zero attached hydrogens (tertiary/aromatic N) is 1. The summed E-state index contributed by atoms with van der Waals surface area (Å²) in [5, 5.41) is 0. The first-order chi connectivity index (χ1) is 11.2. The minimum Gasteiger partial charge on any atom is -0.484 e. The standard InChI is InChI=1S/C19H17NO3/c1-13(19(21)22-2)18-16(14-6-4-3-5-7-14)12-17(23-18)15-8-10-20-11-9-15/h3-12,16,18H,1H2,2H3/t16-,18-/m1/s1. The Labute approximate surface area is 135 Å². The van der Waals surface area contributed by atoms with Crippen LogP contribution in [0.1, 0.15) is 17.0 Å². The van der Waals surface area contributed by atoms with Crippen LogP contribution in [-0.2, 0) is 14.3 Å². The van der Waals surface area contributed by atoms with Crippen LogP contribution in [0.5, 0.6) is 0 Å². The number of esters is 1. The van der Waals surface area contributed by atoms with Crippen molar-refractivity contribution in [2.45, 2.75) is 12.0 Å². The van der Waals surface area contributed by atoms with E-state index in [1.54, 1.807) is 12.4 Å². The number of carbonyl (C=O) groups excluding carboxylic acids is 1. The molecule has 1 aliphatic heterocycles. The third-order valence-electron chi connectivity index (χ3n) is 3.85. The smallest absolute Gasteiger partial charge is 0.336 e. The monoisotopic (exact) mass is 307 g/mol. The van der Waals surface area contributed by atoms with E-state index in [2.05, 4.69) is 11.6 Å². The quantitative estimate of drug-likeness (QED) is 0.642. The van der Waals surface area contributed by atoms with E-state index in [1.807, 2.05) is 48.5 Å². The Balaban J connectivity index is 1.97. The average Bonchev–Trinajstić information content (AvgIpc) is 3.07.